The lowest BCUT2D eigenvalue weighted by molar-refractivity contribution is 0.850. The topological polar surface area (TPSA) is 29.9 Å². The smallest absolute Gasteiger partial charge is 0.208 e. The Labute approximate surface area is 119 Å². The standard InChI is InChI=1S/C17H19N3/c1-12(2)13-8-4-6-10-15(13)20-16-11-7-5-9-14(16)19-17(20)18-3/h4-12H,1-3H3,(H,18,19). The Bertz CT molecular complexity index is 741. The fraction of sp³-hybridized carbons (Fsp3) is 0.235. The molecule has 20 heavy (non-hydrogen) atoms. The van der Waals surface area contributed by atoms with E-state index in [2.05, 4.69) is 65.1 Å². The van der Waals surface area contributed by atoms with E-state index in [1.807, 2.05) is 19.2 Å². The molecule has 0 fully saturated rings. The molecular weight excluding hydrogens is 246 g/mol. The van der Waals surface area contributed by atoms with Gasteiger partial charge in [0.25, 0.3) is 0 Å². The van der Waals surface area contributed by atoms with Crippen LogP contribution >= 0.6 is 0 Å². The van der Waals surface area contributed by atoms with Gasteiger partial charge in [0.05, 0.1) is 16.7 Å². The van der Waals surface area contributed by atoms with E-state index in [-0.39, 0.29) is 0 Å². The predicted octanol–water partition coefficient (Wildman–Crippen LogP) is 4.19. The van der Waals surface area contributed by atoms with Crippen molar-refractivity contribution in [2.75, 3.05) is 12.4 Å². The van der Waals surface area contributed by atoms with Crippen molar-refractivity contribution in [3.8, 4) is 5.69 Å². The molecule has 3 rings (SSSR count). The van der Waals surface area contributed by atoms with Gasteiger partial charge in [0.15, 0.2) is 0 Å². The number of anilines is 1. The number of aromatic nitrogens is 2. The lowest BCUT2D eigenvalue weighted by Gasteiger charge is -2.16. The van der Waals surface area contributed by atoms with Gasteiger partial charge in [0.1, 0.15) is 0 Å². The predicted molar refractivity (Wildman–Crippen MR) is 84.7 cm³/mol. The van der Waals surface area contributed by atoms with Gasteiger partial charge in [-0.1, -0.05) is 44.2 Å². The van der Waals surface area contributed by atoms with Crippen molar-refractivity contribution in [1.82, 2.24) is 9.55 Å². The molecule has 0 atom stereocenters. The maximum Gasteiger partial charge on any atom is 0.208 e. The van der Waals surface area contributed by atoms with Crippen molar-refractivity contribution < 1.29 is 0 Å². The molecule has 0 bridgehead atoms. The number of hydrogen-bond donors (Lipinski definition) is 1. The minimum atomic E-state index is 0.470. The number of hydrogen-bond acceptors (Lipinski definition) is 2. The van der Waals surface area contributed by atoms with Crippen LogP contribution in [0.4, 0.5) is 5.95 Å². The average molecular weight is 265 g/mol. The van der Waals surface area contributed by atoms with Gasteiger partial charge in [-0.05, 0) is 29.7 Å². The maximum atomic E-state index is 4.66. The third-order valence-electron chi connectivity index (χ3n) is 3.58. The van der Waals surface area contributed by atoms with Crippen LogP contribution < -0.4 is 5.32 Å². The summed E-state index contributed by atoms with van der Waals surface area (Å²) < 4.78 is 2.20. The molecule has 3 nitrogen and oxygen atoms in total. The minimum Gasteiger partial charge on any atom is -0.358 e. The van der Waals surface area contributed by atoms with Crippen LogP contribution in [-0.2, 0) is 0 Å². The van der Waals surface area contributed by atoms with E-state index in [1.54, 1.807) is 0 Å². The van der Waals surface area contributed by atoms with Gasteiger partial charge in [-0.15, -0.1) is 0 Å². The van der Waals surface area contributed by atoms with E-state index in [0.29, 0.717) is 5.92 Å². The van der Waals surface area contributed by atoms with Crippen molar-refractivity contribution >= 4 is 17.0 Å². The molecule has 1 heterocycles. The van der Waals surface area contributed by atoms with E-state index < -0.39 is 0 Å². The zero-order valence-corrected chi connectivity index (χ0v) is 12.1. The largest absolute Gasteiger partial charge is 0.358 e. The van der Waals surface area contributed by atoms with E-state index in [0.717, 1.165) is 17.0 Å². The molecule has 0 radical (unpaired) electrons. The molecule has 0 aliphatic heterocycles. The second-order valence-electron chi connectivity index (χ2n) is 5.22. The van der Waals surface area contributed by atoms with E-state index in [9.17, 15) is 0 Å². The Balaban J connectivity index is 2.34. The molecule has 1 N–H and O–H groups in total. The van der Waals surface area contributed by atoms with Gasteiger partial charge < -0.3 is 5.32 Å². The molecule has 0 saturated heterocycles. The van der Waals surface area contributed by atoms with Crippen LogP contribution in [0.15, 0.2) is 48.5 Å². The van der Waals surface area contributed by atoms with Crippen molar-refractivity contribution in [2.24, 2.45) is 0 Å². The van der Waals surface area contributed by atoms with Gasteiger partial charge in [-0.3, -0.25) is 4.57 Å². The Kier molecular flexibility index (Phi) is 3.18. The summed E-state index contributed by atoms with van der Waals surface area (Å²) >= 11 is 0. The van der Waals surface area contributed by atoms with Crippen LogP contribution in [0, 0.1) is 0 Å². The number of nitrogens with zero attached hydrogens (tertiary/aromatic N) is 2. The van der Waals surface area contributed by atoms with Gasteiger partial charge in [0, 0.05) is 7.05 Å². The summed E-state index contributed by atoms with van der Waals surface area (Å²) in [6, 6.07) is 16.8. The van der Waals surface area contributed by atoms with Gasteiger partial charge in [0.2, 0.25) is 5.95 Å². The zero-order chi connectivity index (χ0) is 14.1. The third-order valence-corrected chi connectivity index (χ3v) is 3.58. The highest BCUT2D eigenvalue weighted by Gasteiger charge is 2.14. The quantitative estimate of drug-likeness (QED) is 0.769. The highest BCUT2D eigenvalue weighted by molar-refractivity contribution is 5.81. The second kappa shape index (κ2) is 5.00. The van der Waals surface area contributed by atoms with Gasteiger partial charge >= 0.3 is 0 Å². The number of rotatable bonds is 3. The molecule has 3 aromatic rings. The monoisotopic (exact) mass is 265 g/mol. The Morgan fingerprint density at radius 1 is 1.00 bits per heavy atom. The first-order valence-electron chi connectivity index (χ1n) is 6.97. The van der Waals surface area contributed by atoms with Crippen molar-refractivity contribution in [1.29, 1.82) is 0 Å². The van der Waals surface area contributed by atoms with Crippen LogP contribution in [0.25, 0.3) is 16.7 Å². The molecule has 1 aromatic heterocycles. The number of nitrogens with one attached hydrogen (secondary N) is 1. The molecular formula is C17H19N3. The number of benzene rings is 2. The number of para-hydroxylation sites is 3. The molecule has 102 valence electrons. The lowest BCUT2D eigenvalue weighted by Crippen LogP contribution is -2.05. The van der Waals surface area contributed by atoms with Crippen LogP contribution in [-0.4, -0.2) is 16.6 Å². The van der Waals surface area contributed by atoms with Crippen molar-refractivity contribution in [3.05, 3.63) is 54.1 Å². The first-order chi connectivity index (χ1) is 9.72. The fourth-order valence-corrected chi connectivity index (χ4v) is 2.62. The summed E-state index contributed by atoms with van der Waals surface area (Å²) in [5.41, 5.74) is 4.66. The Morgan fingerprint density at radius 2 is 1.70 bits per heavy atom. The molecule has 0 saturated carbocycles. The number of fused-ring (bicyclic) bond motifs is 1. The molecule has 0 spiro atoms. The summed E-state index contributed by atoms with van der Waals surface area (Å²) in [5.74, 6) is 1.34. The Hall–Kier alpha value is -2.29. The van der Waals surface area contributed by atoms with Crippen LogP contribution in [0.5, 0.6) is 0 Å². The van der Waals surface area contributed by atoms with E-state index in [4.69, 9.17) is 0 Å². The molecule has 0 amide bonds. The fourth-order valence-electron chi connectivity index (χ4n) is 2.62. The van der Waals surface area contributed by atoms with Crippen LogP contribution in [0.1, 0.15) is 25.3 Å². The summed E-state index contributed by atoms with van der Waals surface area (Å²) in [4.78, 5) is 4.66. The first-order valence-corrected chi connectivity index (χ1v) is 6.97. The highest BCUT2D eigenvalue weighted by atomic mass is 15.2. The summed E-state index contributed by atoms with van der Waals surface area (Å²) in [6.45, 7) is 4.44. The van der Waals surface area contributed by atoms with Crippen LogP contribution in [0.2, 0.25) is 0 Å². The summed E-state index contributed by atoms with van der Waals surface area (Å²) in [5, 5.41) is 3.20. The maximum absolute atomic E-state index is 4.66. The Morgan fingerprint density at radius 3 is 2.45 bits per heavy atom. The highest BCUT2D eigenvalue weighted by Crippen LogP contribution is 2.29. The minimum absolute atomic E-state index is 0.470. The van der Waals surface area contributed by atoms with E-state index in [1.165, 1.54) is 11.3 Å². The SMILES string of the molecule is CNc1nc2ccccc2n1-c1ccccc1C(C)C. The summed E-state index contributed by atoms with van der Waals surface area (Å²) in [7, 11) is 1.91. The van der Waals surface area contributed by atoms with Crippen molar-refractivity contribution in [2.45, 2.75) is 19.8 Å². The normalized spacial score (nSPS) is 11.2. The summed E-state index contributed by atoms with van der Waals surface area (Å²) in [6.07, 6.45) is 0. The molecule has 3 heteroatoms. The molecule has 0 aliphatic carbocycles. The van der Waals surface area contributed by atoms with Gasteiger partial charge in [-0.25, -0.2) is 4.98 Å². The van der Waals surface area contributed by atoms with Gasteiger partial charge in [-0.2, -0.15) is 0 Å². The van der Waals surface area contributed by atoms with Crippen LogP contribution in [0.3, 0.4) is 0 Å². The average Bonchev–Trinajstić information content (AvgIpc) is 2.85. The number of imidazole rings is 1. The molecule has 0 aliphatic rings. The zero-order valence-electron chi connectivity index (χ0n) is 12.1. The molecule has 2 aromatic carbocycles. The lowest BCUT2D eigenvalue weighted by atomic mass is 10.0. The molecule has 0 unspecified atom stereocenters. The third kappa shape index (κ3) is 1.95. The van der Waals surface area contributed by atoms with E-state index >= 15 is 0 Å². The first kappa shape index (κ1) is 12.7. The van der Waals surface area contributed by atoms with Crippen molar-refractivity contribution in [3.63, 3.8) is 0 Å². The second-order valence-corrected chi connectivity index (χ2v) is 5.22.